The van der Waals surface area contributed by atoms with Crippen LogP contribution < -0.4 is 20.3 Å². The monoisotopic (exact) mass is 367 g/mol. The number of nitrogens with one attached hydrogen (secondary N) is 2. The topological polar surface area (TPSA) is 56.8 Å². The lowest BCUT2D eigenvalue weighted by molar-refractivity contribution is 0.155. The van der Waals surface area contributed by atoms with Gasteiger partial charge in [-0.2, -0.15) is 0 Å². The first-order valence-electron chi connectivity index (χ1n) is 9.27. The maximum absolute atomic E-state index is 9.61. The van der Waals surface area contributed by atoms with Crippen LogP contribution in [0.5, 0.6) is 5.75 Å². The van der Waals surface area contributed by atoms with E-state index in [1.807, 2.05) is 6.07 Å². The number of halogens is 1. The summed E-state index contributed by atoms with van der Waals surface area (Å²) >= 11 is 5.65. The molecule has 1 spiro atoms. The van der Waals surface area contributed by atoms with Crippen LogP contribution in [0.25, 0.3) is 0 Å². The van der Waals surface area contributed by atoms with Gasteiger partial charge in [0, 0.05) is 31.4 Å². The van der Waals surface area contributed by atoms with E-state index in [0.29, 0.717) is 12.0 Å². The first-order chi connectivity index (χ1) is 12.2. The van der Waals surface area contributed by atoms with Gasteiger partial charge in [0.1, 0.15) is 5.75 Å². The molecule has 2 saturated heterocycles. The van der Waals surface area contributed by atoms with Gasteiger partial charge in [0.15, 0.2) is 0 Å². The molecule has 1 unspecified atom stereocenters. The van der Waals surface area contributed by atoms with E-state index >= 15 is 0 Å². The summed E-state index contributed by atoms with van der Waals surface area (Å²) in [6.07, 6.45) is 4.62. The second-order valence-corrected chi connectivity index (χ2v) is 7.62. The number of alkyl halides is 1. The number of rotatable bonds is 6. The van der Waals surface area contributed by atoms with Gasteiger partial charge in [0.05, 0.1) is 24.8 Å². The number of hydrogen-bond donors (Lipinski definition) is 3. The fraction of sp³-hybridized carbons (Fsp3) is 0.684. The van der Waals surface area contributed by atoms with E-state index in [-0.39, 0.29) is 5.88 Å². The third-order valence-electron chi connectivity index (χ3n) is 5.74. The van der Waals surface area contributed by atoms with E-state index in [9.17, 15) is 5.11 Å². The summed E-state index contributed by atoms with van der Waals surface area (Å²) in [6.45, 7) is 4.98. The number of aliphatic hydroxyl groups excluding tert-OH is 1. The molecule has 1 atom stereocenters. The van der Waals surface area contributed by atoms with Gasteiger partial charge in [-0.25, -0.2) is 0 Å². The Morgan fingerprint density at radius 3 is 2.64 bits per heavy atom. The zero-order valence-corrected chi connectivity index (χ0v) is 15.8. The molecule has 2 aliphatic heterocycles. The molecule has 6 heteroatoms. The highest BCUT2D eigenvalue weighted by Crippen LogP contribution is 2.41. The van der Waals surface area contributed by atoms with Crippen molar-refractivity contribution < 1.29 is 9.84 Å². The van der Waals surface area contributed by atoms with Gasteiger partial charge in [0.2, 0.25) is 0 Å². The highest BCUT2D eigenvalue weighted by Gasteiger charge is 2.35. The summed E-state index contributed by atoms with van der Waals surface area (Å²) in [4.78, 5) is 2.47. The van der Waals surface area contributed by atoms with Crippen molar-refractivity contribution in [1.82, 2.24) is 5.32 Å². The molecule has 2 heterocycles. The Hall–Kier alpha value is -1.17. The average molecular weight is 368 g/mol. The SMILES string of the molecule is COc1cc(N2CCC3(CCNCC3)CC2)ccc1NCC(O)CCl. The highest BCUT2D eigenvalue weighted by molar-refractivity contribution is 6.18. The third-order valence-corrected chi connectivity index (χ3v) is 6.10. The number of benzene rings is 1. The second-order valence-electron chi connectivity index (χ2n) is 7.31. The molecule has 0 aliphatic carbocycles. The standard InChI is InChI=1S/C19H30ClN3O2/c1-25-18-12-15(2-3-17(18)22-14-16(24)13-20)23-10-6-19(7-11-23)4-8-21-9-5-19/h2-3,12,16,21-22,24H,4-11,13-14H2,1H3. The summed E-state index contributed by atoms with van der Waals surface area (Å²) in [5.41, 5.74) is 2.66. The van der Waals surface area contributed by atoms with E-state index < -0.39 is 6.10 Å². The summed E-state index contributed by atoms with van der Waals surface area (Å²) in [5.74, 6) is 1.03. The van der Waals surface area contributed by atoms with Gasteiger partial charge >= 0.3 is 0 Å². The lowest BCUT2D eigenvalue weighted by atomic mass is 9.71. The molecule has 25 heavy (non-hydrogen) atoms. The van der Waals surface area contributed by atoms with Crippen molar-refractivity contribution in [2.45, 2.75) is 31.8 Å². The molecular weight excluding hydrogens is 338 g/mol. The summed E-state index contributed by atoms with van der Waals surface area (Å²) in [5, 5.41) is 16.3. The quantitative estimate of drug-likeness (QED) is 0.675. The molecule has 3 rings (SSSR count). The maximum Gasteiger partial charge on any atom is 0.144 e. The Kier molecular flexibility index (Phi) is 6.31. The van der Waals surface area contributed by atoms with Crippen LogP contribution >= 0.6 is 11.6 Å². The lowest BCUT2D eigenvalue weighted by Crippen LogP contribution is -2.45. The maximum atomic E-state index is 9.61. The molecule has 0 amide bonds. The van der Waals surface area contributed by atoms with E-state index in [2.05, 4.69) is 27.7 Å². The number of ether oxygens (including phenoxy) is 1. The molecule has 5 nitrogen and oxygen atoms in total. The first kappa shape index (κ1) is 18.6. The minimum absolute atomic E-state index is 0.221. The van der Waals surface area contributed by atoms with Crippen LogP contribution in [-0.2, 0) is 0 Å². The summed E-state index contributed by atoms with van der Waals surface area (Å²) < 4.78 is 5.54. The molecular formula is C19H30ClN3O2. The summed E-state index contributed by atoms with van der Waals surface area (Å²) in [7, 11) is 1.68. The Bertz CT molecular complexity index is 554. The molecule has 140 valence electrons. The fourth-order valence-corrected chi connectivity index (χ4v) is 4.11. The van der Waals surface area contributed by atoms with Crippen LogP contribution in [0, 0.1) is 5.41 Å². The molecule has 0 bridgehead atoms. The molecule has 1 aromatic carbocycles. The Morgan fingerprint density at radius 1 is 1.28 bits per heavy atom. The predicted octanol–water partition coefficient (Wildman–Crippen LogP) is 2.68. The lowest BCUT2D eigenvalue weighted by Gasteiger charge is -2.45. The predicted molar refractivity (Wildman–Crippen MR) is 104 cm³/mol. The van der Waals surface area contributed by atoms with Crippen molar-refractivity contribution in [3.63, 3.8) is 0 Å². The third kappa shape index (κ3) is 4.52. The zero-order valence-electron chi connectivity index (χ0n) is 15.1. The Labute approximate surface area is 155 Å². The van der Waals surface area contributed by atoms with Crippen LogP contribution in [0.15, 0.2) is 18.2 Å². The number of methoxy groups -OCH3 is 1. The minimum atomic E-state index is -0.561. The van der Waals surface area contributed by atoms with E-state index in [1.165, 1.54) is 44.5 Å². The van der Waals surface area contributed by atoms with Crippen LogP contribution in [0.1, 0.15) is 25.7 Å². The van der Waals surface area contributed by atoms with E-state index in [1.54, 1.807) is 7.11 Å². The summed E-state index contributed by atoms with van der Waals surface area (Å²) in [6, 6.07) is 6.26. The Morgan fingerprint density at radius 2 is 2.00 bits per heavy atom. The van der Waals surface area contributed by atoms with Crippen LogP contribution in [0.4, 0.5) is 11.4 Å². The number of anilines is 2. The van der Waals surface area contributed by atoms with Crippen molar-refractivity contribution in [3.05, 3.63) is 18.2 Å². The van der Waals surface area contributed by atoms with Crippen LogP contribution in [0.2, 0.25) is 0 Å². The average Bonchev–Trinajstić information content (AvgIpc) is 2.67. The largest absolute Gasteiger partial charge is 0.495 e. The van der Waals surface area contributed by atoms with Gasteiger partial charge < -0.3 is 25.4 Å². The molecule has 3 N–H and O–H groups in total. The van der Waals surface area contributed by atoms with Crippen molar-refractivity contribution in [1.29, 1.82) is 0 Å². The van der Waals surface area contributed by atoms with Crippen molar-refractivity contribution in [3.8, 4) is 5.75 Å². The number of piperidine rings is 2. The molecule has 0 saturated carbocycles. The van der Waals surface area contributed by atoms with E-state index in [0.717, 1.165) is 24.5 Å². The molecule has 0 radical (unpaired) electrons. The number of aliphatic hydroxyl groups is 1. The number of nitrogens with zero attached hydrogens (tertiary/aromatic N) is 1. The normalized spacial score (nSPS) is 21.2. The first-order valence-corrected chi connectivity index (χ1v) is 9.81. The molecule has 1 aromatic rings. The van der Waals surface area contributed by atoms with E-state index in [4.69, 9.17) is 16.3 Å². The van der Waals surface area contributed by atoms with Crippen molar-refractivity contribution in [2.75, 3.05) is 55.9 Å². The van der Waals surface area contributed by atoms with Crippen molar-refractivity contribution >= 4 is 23.0 Å². The number of hydrogen-bond acceptors (Lipinski definition) is 5. The van der Waals surface area contributed by atoms with Crippen LogP contribution in [-0.4, -0.2) is 56.9 Å². The Balaban J connectivity index is 1.63. The highest BCUT2D eigenvalue weighted by atomic mass is 35.5. The molecule has 0 aromatic heterocycles. The molecule has 2 fully saturated rings. The van der Waals surface area contributed by atoms with Crippen molar-refractivity contribution in [2.24, 2.45) is 5.41 Å². The fourth-order valence-electron chi connectivity index (χ4n) is 4.00. The minimum Gasteiger partial charge on any atom is -0.495 e. The smallest absolute Gasteiger partial charge is 0.144 e. The van der Waals surface area contributed by atoms with Gasteiger partial charge in [0.25, 0.3) is 0 Å². The van der Waals surface area contributed by atoms with Crippen LogP contribution in [0.3, 0.4) is 0 Å². The molecule has 2 aliphatic rings. The zero-order chi connectivity index (χ0) is 17.7. The van der Waals surface area contributed by atoms with Gasteiger partial charge in [-0.1, -0.05) is 0 Å². The second kappa shape index (κ2) is 8.47. The van der Waals surface area contributed by atoms with Gasteiger partial charge in [-0.15, -0.1) is 11.6 Å². The van der Waals surface area contributed by atoms with Gasteiger partial charge in [-0.05, 0) is 56.3 Å². The van der Waals surface area contributed by atoms with Gasteiger partial charge in [-0.3, -0.25) is 0 Å².